The van der Waals surface area contributed by atoms with Crippen LogP contribution in [0.3, 0.4) is 0 Å². The molecule has 40 heavy (non-hydrogen) atoms. The van der Waals surface area contributed by atoms with Gasteiger partial charge in [-0.1, -0.05) is 59.3 Å². The molecule has 1 aliphatic heterocycles. The number of carbonyl (C=O) groups is 1. The van der Waals surface area contributed by atoms with E-state index in [-0.39, 0.29) is 30.9 Å². The molecule has 11 heteroatoms. The SMILES string of the molecule is C/C=C\C=C(/C)F.CC.CC/C(=C\C(=C/C(C)(C)CNC(=O)CNCCN1CCCCC1)C(F)(F)F)C(F)(F)F. The number of hydrogen-bond acceptors (Lipinski definition) is 3. The van der Waals surface area contributed by atoms with Crippen LogP contribution < -0.4 is 10.6 Å². The highest BCUT2D eigenvalue weighted by atomic mass is 19.4. The number of carbonyl (C=O) groups excluding carboxylic acids is 1. The van der Waals surface area contributed by atoms with E-state index in [1.165, 1.54) is 46.1 Å². The first-order valence-corrected chi connectivity index (χ1v) is 13.7. The molecular formula is C29H48F7N3O. The van der Waals surface area contributed by atoms with Crippen molar-refractivity contribution < 1.29 is 35.5 Å². The molecule has 0 aliphatic carbocycles. The molecule has 1 saturated heterocycles. The Labute approximate surface area is 235 Å². The lowest BCUT2D eigenvalue weighted by molar-refractivity contribution is -0.120. The van der Waals surface area contributed by atoms with Crippen LogP contribution in [0.5, 0.6) is 0 Å². The molecule has 234 valence electrons. The van der Waals surface area contributed by atoms with Crippen LogP contribution in [0.15, 0.2) is 47.4 Å². The van der Waals surface area contributed by atoms with E-state index in [1.54, 1.807) is 12.2 Å². The molecule has 0 bridgehead atoms. The number of piperidine rings is 1. The van der Waals surface area contributed by atoms with Gasteiger partial charge >= 0.3 is 12.4 Å². The van der Waals surface area contributed by atoms with Crippen LogP contribution in [-0.4, -0.2) is 62.4 Å². The van der Waals surface area contributed by atoms with Crippen LogP contribution in [-0.2, 0) is 4.79 Å². The van der Waals surface area contributed by atoms with Crippen molar-refractivity contribution in [2.75, 3.05) is 39.3 Å². The molecule has 0 aromatic heterocycles. The van der Waals surface area contributed by atoms with Crippen molar-refractivity contribution in [3.05, 3.63) is 47.4 Å². The molecule has 1 rings (SSSR count). The van der Waals surface area contributed by atoms with Crippen molar-refractivity contribution in [3.8, 4) is 0 Å². The molecule has 0 atom stereocenters. The third-order valence-electron chi connectivity index (χ3n) is 5.55. The van der Waals surface area contributed by atoms with E-state index in [0.29, 0.717) is 6.54 Å². The molecule has 1 fully saturated rings. The molecule has 0 unspecified atom stereocenters. The van der Waals surface area contributed by atoms with Crippen molar-refractivity contribution in [2.24, 2.45) is 5.41 Å². The summed E-state index contributed by atoms with van der Waals surface area (Å²) in [5.41, 5.74) is -3.83. The molecular weight excluding hydrogens is 539 g/mol. The standard InChI is InChI=1S/C21H33F6N3O.C6H9F.C2H6/c1-4-16(20(22,23)24)12-17(21(25,26)27)13-19(2,3)15-29-18(31)14-28-8-11-30-9-6-5-7-10-30;1-3-4-5-6(2)7;1-2/h12-13,28H,4-11,14-15H2,1-3H3,(H,29,31);3-5H,1-2H3;1-2H3/b16-12+,17-13+;4-3-,6-5+;. The molecule has 0 aromatic carbocycles. The summed E-state index contributed by atoms with van der Waals surface area (Å²) in [5.74, 6) is -0.535. The van der Waals surface area contributed by atoms with E-state index in [0.717, 1.165) is 32.6 Å². The quantitative estimate of drug-likeness (QED) is 0.146. The fourth-order valence-corrected chi connectivity index (χ4v) is 3.49. The van der Waals surface area contributed by atoms with Crippen LogP contribution in [0.1, 0.15) is 74.1 Å². The highest BCUT2D eigenvalue weighted by Gasteiger charge is 2.38. The van der Waals surface area contributed by atoms with Gasteiger partial charge in [-0.2, -0.15) is 26.3 Å². The molecule has 1 heterocycles. The topological polar surface area (TPSA) is 44.4 Å². The Morgan fingerprint density at radius 1 is 0.975 bits per heavy atom. The number of amides is 1. The average Bonchev–Trinajstić information content (AvgIpc) is 2.87. The summed E-state index contributed by atoms with van der Waals surface area (Å²) in [4.78, 5) is 14.3. The van der Waals surface area contributed by atoms with Crippen LogP contribution in [0, 0.1) is 5.41 Å². The monoisotopic (exact) mass is 587 g/mol. The Bertz CT molecular complexity index is 816. The Morgan fingerprint density at radius 2 is 1.55 bits per heavy atom. The van der Waals surface area contributed by atoms with E-state index in [2.05, 4.69) is 15.5 Å². The summed E-state index contributed by atoms with van der Waals surface area (Å²) in [6.45, 7) is 14.7. The zero-order chi connectivity index (χ0) is 31.4. The lowest BCUT2D eigenvalue weighted by atomic mass is 9.89. The summed E-state index contributed by atoms with van der Waals surface area (Å²) in [5, 5.41) is 5.55. The van der Waals surface area contributed by atoms with Crippen molar-refractivity contribution in [2.45, 2.75) is 86.5 Å². The van der Waals surface area contributed by atoms with Gasteiger partial charge in [0.2, 0.25) is 5.91 Å². The lowest BCUT2D eigenvalue weighted by Gasteiger charge is -2.26. The van der Waals surface area contributed by atoms with Crippen LogP contribution in [0.25, 0.3) is 0 Å². The van der Waals surface area contributed by atoms with Gasteiger partial charge in [0.05, 0.1) is 17.9 Å². The normalized spacial score (nSPS) is 16.2. The maximum atomic E-state index is 13.3. The van der Waals surface area contributed by atoms with Gasteiger partial charge in [-0.25, -0.2) is 4.39 Å². The fraction of sp³-hybridized carbons (Fsp3) is 0.690. The van der Waals surface area contributed by atoms with E-state index >= 15 is 0 Å². The summed E-state index contributed by atoms with van der Waals surface area (Å²) in [6, 6.07) is 0. The number of rotatable bonds is 11. The molecule has 1 aliphatic rings. The summed E-state index contributed by atoms with van der Waals surface area (Å²) in [6.07, 6.45) is -1.04. The number of allylic oxidation sites excluding steroid dienone is 7. The Hall–Kier alpha value is -2.14. The number of alkyl halides is 6. The van der Waals surface area contributed by atoms with E-state index in [9.17, 15) is 35.5 Å². The number of nitrogens with zero attached hydrogens (tertiary/aromatic N) is 1. The van der Waals surface area contributed by atoms with Crippen molar-refractivity contribution >= 4 is 5.91 Å². The van der Waals surface area contributed by atoms with Crippen LogP contribution in [0.2, 0.25) is 0 Å². The van der Waals surface area contributed by atoms with Crippen molar-refractivity contribution in [1.82, 2.24) is 15.5 Å². The first kappa shape index (κ1) is 40.0. The van der Waals surface area contributed by atoms with Gasteiger partial charge in [0, 0.05) is 30.6 Å². The van der Waals surface area contributed by atoms with E-state index in [4.69, 9.17) is 0 Å². The molecule has 4 nitrogen and oxygen atoms in total. The van der Waals surface area contributed by atoms with Gasteiger partial charge in [0.25, 0.3) is 0 Å². The highest BCUT2D eigenvalue weighted by Crippen LogP contribution is 2.36. The second kappa shape index (κ2) is 20.7. The van der Waals surface area contributed by atoms with Crippen molar-refractivity contribution in [3.63, 3.8) is 0 Å². The second-order valence-corrected chi connectivity index (χ2v) is 9.74. The van der Waals surface area contributed by atoms with E-state index < -0.39 is 35.3 Å². The smallest absolute Gasteiger partial charge is 0.354 e. The molecule has 2 N–H and O–H groups in total. The van der Waals surface area contributed by atoms with Gasteiger partial charge in [0.1, 0.15) is 0 Å². The van der Waals surface area contributed by atoms with Gasteiger partial charge in [-0.15, -0.1) is 0 Å². The van der Waals surface area contributed by atoms with Gasteiger partial charge < -0.3 is 15.5 Å². The summed E-state index contributed by atoms with van der Waals surface area (Å²) < 4.78 is 90.3. The fourth-order valence-electron chi connectivity index (χ4n) is 3.49. The van der Waals surface area contributed by atoms with E-state index in [1.807, 2.05) is 20.8 Å². The third kappa shape index (κ3) is 20.7. The number of halogens is 7. The number of nitrogens with one attached hydrogen (secondary N) is 2. The zero-order valence-electron chi connectivity index (χ0n) is 25.0. The van der Waals surface area contributed by atoms with Crippen LogP contribution >= 0.6 is 0 Å². The van der Waals surface area contributed by atoms with Crippen molar-refractivity contribution in [1.29, 1.82) is 0 Å². The molecule has 0 radical (unpaired) electrons. The predicted molar refractivity (Wildman–Crippen MR) is 150 cm³/mol. The molecule has 1 amide bonds. The predicted octanol–water partition coefficient (Wildman–Crippen LogP) is 8.05. The third-order valence-corrected chi connectivity index (χ3v) is 5.55. The molecule has 0 aromatic rings. The van der Waals surface area contributed by atoms with Gasteiger partial charge in [-0.3, -0.25) is 4.79 Å². The maximum absolute atomic E-state index is 13.3. The minimum absolute atomic E-state index is 0.0215. The Kier molecular flexibility index (Phi) is 20.7. The van der Waals surface area contributed by atoms with Gasteiger partial charge in [-0.05, 0) is 58.4 Å². The lowest BCUT2D eigenvalue weighted by Crippen LogP contribution is -2.41. The number of likely N-dealkylation sites (tertiary alicyclic amines) is 1. The minimum atomic E-state index is -4.94. The molecule has 0 saturated carbocycles. The second-order valence-electron chi connectivity index (χ2n) is 9.74. The maximum Gasteiger partial charge on any atom is 0.416 e. The largest absolute Gasteiger partial charge is 0.416 e. The Morgan fingerprint density at radius 3 is 1.98 bits per heavy atom. The highest BCUT2D eigenvalue weighted by molar-refractivity contribution is 5.78. The Balaban J connectivity index is 0. The minimum Gasteiger partial charge on any atom is -0.354 e. The number of hydrogen-bond donors (Lipinski definition) is 2. The average molecular weight is 588 g/mol. The zero-order valence-corrected chi connectivity index (χ0v) is 25.0. The summed E-state index contributed by atoms with van der Waals surface area (Å²) in [7, 11) is 0. The first-order chi connectivity index (χ1) is 18.5. The first-order valence-electron chi connectivity index (χ1n) is 13.7. The summed E-state index contributed by atoms with van der Waals surface area (Å²) >= 11 is 0. The van der Waals surface area contributed by atoms with Gasteiger partial charge in [0.15, 0.2) is 0 Å². The molecule has 0 spiro atoms. The van der Waals surface area contributed by atoms with Crippen LogP contribution in [0.4, 0.5) is 30.7 Å².